The summed E-state index contributed by atoms with van der Waals surface area (Å²) in [5, 5.41) is 18.4. The van der Waals surface area contributed by atoms with Crippen molar-refractivity contribution in [3.8, 4) is 17.3 Å². The molecule has 1 fully saturated rings. The van der Waals surface area contributed by atoms with Crippen LogP contribution in [0.3, 0.4) is 0 Å². The number of hydrogen-bond acceptors (Lipinski definition) is 2. The highest BCUT2D eigenvalue weighted by atomic mass is 35.5. The average Bonchev–Trinajstić information content (AvgIpc) is 3.13. The number of hydrogen-bond donors (Lipinski definition) is 1. The first-order chi connectivity index (χ1) is 12.0. The highest BCUT2D eigenvalue weighted by molar-refractivity contribution is 6.33. The molecule has 1 heterocycles. The Labute approximate surface area is 156 Å². The Morgan fingerprint density at radius 1 is 1.35 bits per heavy atom. The minimum atomic E-state index is -4.85. The molecule has 2 atom stereocenters. The van der Waals surface area contributed by atoms with Gasteiger partial charge in [-0.1, -0.05) is 35.3 Å². The maximum atomic E-state index is 13.7. The molecule has 0 saturated heterocycles. The van der Waals surface area contributed by atoms with Gasteiger partial charge in [0.25, 0.3) is 0 Å². The Morgan fingerprint density at radius 2 is 1.92 bits per heavy atom. The molecule has 1 aliphatic rings. The molecule has 0 spiro atoms. The molecule has 26 heavy (non-hydrogen) atoms. The van der Waals surface area contributed by atoms with E-state index in [2.05, 4.69) is 0 Å². The van der Waals surface area contributed by atoms with Crippen molar-refractivity contribution in [2.45, 2.75) is 25.6 Å². The highest BCUT2D eigenvalue weighted by Gasteiger charge is 2.60. The van der Waals surface area contributed by atoms with E-state index in [4.69, 9.17) is 23.2 Å². The van der Waals surface area contributed by atoms with E-state index in [1.807, 2.05) is 0 Å². The maximum Gasteiger partial charge on any atom is 0.432 e. The number of aromatic nitrogens is 1. The summed E-state index contributed by atoms with van der Waals surface area (Å²) >= 11 is 11.7. The highest BCUT2D eigenvalue weighted by Crippen LogP contribution is 2.60. The van der Waals surface area contributed by atoms with Gasteiger partial charge in [0.15, 0.2) is 0 Å². The van der Waals surface area contributed by atoms with E-state index in [0.717, 1.165) is 4.57 Å². The molecule has 0 bridgehead atoms. The molecule has 1 saturated carbocycles. The first-order valence-corrected chi connectivity index (χ1v) is 8.18. The standard InChI is InChI=1S/C17H11Cl2F3N2O2/c1-16(15(25)26)6-11(16)24-13(8-2-4-9(18)5-3-8)10(7-23)12(19)14(24)17(20,21)22/h2-5,11H,6H2,1H3,(H,25,26). The second-order valence-corrected chi connectivity index (χ2v) is 7.13. The number of rotatable bonds is 3. The summed E-state index contributed by atoms with van der Waals surface area (Å²) in [7, 11) is 0. The normalized spacial score (nSPS) is 22.1. The molecule has 136 valence electrons. The minimum absolute atomic E-state index is 0.00187. The van der Waals surface area contributed by atoms with Gasteiger partial charge in [-0.05, 0) is 31.0 Å². The number of aliphatic carboxylic acids is 1. The summed E-state index contributed by atoms with van der Waals surface area (Å²) in [6, 6.07) is 6.62. The first-order valence-electron chi connectivity index (χ1n) is 7.42. The molecular formula is C17H11Cl2F3N2O2. The minimum Gasteiger partial charge on any atom is -0.481 e. The van der Waals surface area contributed by atoms with Gasteiger partial charge in [0, 0.05) is 5.02 Å². The molecule has 2 unspecified atom stereocenters. The molecule has 1 aromatic heterocycles. The predicted molar refractivity (Wildman–Crippen MR) is 89.0 cm³/mol. The molecule has 9 heteroatoms. The van der Waals surface area contributed by atoms with E-state index >= 15 is 0 Å². The maximum absolute atomic E-state index is 13.7. The van der Waals surface area contributed by atoms with Crippen LogP contribution in [0.15, 0.2) is 24.3 Å². The van der Waals surface area contributed by atoms with Crippen molar-refractivity contribution < 1.29 is 23.1 Å². The fraction of sp³-hybridized carbons (Fsp3) is 0.294. The Morgan fingerprint density at radius 3 is 2.35 bits per heavy atom. The van der Waals surface area contributed by atoms with Crippen LogP contribution in [0.1, 0.15) is 30.6 Å². The van der Waals surface area contributed by atoms with Crippen LogP contribution in [0.5, 0.6) is 0 Å². The Balaban J connectivity index is 2.35. The molecule has 4 nitrogen and oxygen atoms in total. The summed E-state index contributed by atoms with van der Waals surface area (Å²) in [5.74, 6) is -1.21. The monoisotopic (exact) mass is 402 g/mol. The Bertz CT molecular complexity index is 945. The molecule has 1 aromatic carbocycles. The smallest absolute Gasteiger partial charge is 0.432 e. The van der Waals surface area contributed by atoms with Gasteiger partial charge in [-0.2, -0.15) is 18.4 Å². The molecule has 2 aromatic rings. The Hall–Kier alpha value is -2.17. The largest absolute Gasteiger partial charge is 0.481 e. The van der Waals surface area contributed by atoms with Crippen molar-refractivity contribution in [3.05, 3.63) is 45.6 Å². The van der Waals surface area contributed by atoms with Crippen molar-refractivity contribution in [3.63, 3.8) is 0 Å². The van der Waals surface area contributed by atoms with Crippen LogP contribution in [0, 0.1) is 16.7 Å². The molecule has 0 radical (unpaired) electrons. The molecule has 3 rings (SSSR count). The number of carboxylic acid groups (broad SMARTS) is 1. The lowest BCUT2D eigenvalue weighted by Gasteiger charge is -2.17. The number of benzene rings is 1. The van der Waals surface area contributed by atoms with Crippen molar-refractivity contribution in [2.24, 2.45) is 5.41 Å². The van der Waals surface area contributed by atoms with E-state index in [0.29, 0.717) is 10.6 Å². The first kappa shape index (κ1) is 18.6. The average molecular weight is 403 g/mol. The third-order valence-corrected chi connectivity index (χ3v) is 5.26. The van der Waals surface area contributed by atoms with Crippen molar-refractivity contribution in [1.29, 1.82) is 5.26 Å². The van der Waals surface area contributed by atoms with Crippen LogP contribution >= 0.6 is 23.2 Å². The fourth-order valence-electron chi connectivity index (χ4n) is 3.08. The Kier molecular flexibility index (Phi) is 4.25. The zero-order chi connectivity index (χ0) is 19.4. The summed E-state index contributed by atoms with van der Waals surface area (Å²) in [6.07, 6.45) is -4.85. The zero-order valence-electron chi connectivity index (χ0n) is 13.2. The van der Waals surface area contributed by atoms with Gasteiger partial charge in [0.1, 0.15) is 11.8 Å². The number of nitrogens with zero attached hydrogens (tertiary/aromatic N) is 2. The van der Waals surface area contributed by atoms with E-state index in [-0.39, 0.29) is 17.7 Å². The van der Waals surface area contributed by atoms with Crippen LogP contribution in [-0.2, 0) is 11.0 Å². The molecule has 1 N–H and O–H groups in total. The number of alkyl halides is 3. The van der Waals surface area contributed by atoms with Crippen LogP contribution in [-0.4, -0.2) is 15.6 Å². The van der Waals surface area contributed by atoms with E-state index in [1.165, 1.54) is 31.2 Å². The van der Waals surface area contributed by atoms with Crippen LogP contribution < -0.4 is 0 Å². The molecule has 0 amide bonds. The number of carbonyl (C=O) groups is 1. The number of nitriles is 1. The van der Waals surface area contributed by atoms with Gasteiger partial charge in [-0.3, -0.25) is 4.79 Å². The lowest BCUT2D eigenvalue weighted by Crippen LogP contribution is -2.20. The zero-order valence-corrected chi connectivity index (χ0v) is 14.7. The lowest BCUT2D eigenvalue weighted by atomic mass is 10.1. The van der Waals surface area contributed by atoms with Gasteiger partial charge in [-0.15, -0.1) is 0 Å². The summed E-state index contributed by atoms with van der Waals surface area (Å²) in [5.41, 5.74) is -2.69. The van der Waals surface area contributed by atoms with Gasteiger partial charge in [0.05, 0.1) is 27.7 Å². The molecule has 1 aliphatic carbocycles. The van der Waals surface area contributed by atoms with Crippen LogP contribution in [0.25, 0.3) is 11.3 Å². The van der Waals surface area contributed by atoms with Gasteiger partial charge >= 0.3 is 12.1 Å². The van der Waals surface area contributed by atoms with Crippen molar-refractivity contribution in [2.75, 3.05) is 0 Å². The number of carboxylic acids is 1. The third kappa shape index (κ3) is 2.74. The van der Waals surface area contributed by atoms with E-state index in [9.17, 15) is 28.3 Å². The number of halogens is 5. The van der Waals surface area contributed by atoms with Gasteiger partial charge in [-0.25, -0.2) is 0 Å². The van der Waals surface area contributed by atoms with Crippen molar-refractivity contribution >= 4 is 29.2 Å². The predicted octanol–water partition coefficient (Wildman–Crippen LogP) is 5.39. The van der Waals surface area contributed by atoms with Gasteiger partial charge < -0.3 is 9.67 Å². The SMILES string of the molecule is CC1(C(=O)O)CC1n1c(-c2ccc(Cl)cc2)c(C#N)c(Cl)c1C(F)(F)F. The van der Waals surface area contributed by atoms with E-state index < -0.39 is 34.3 Å². The quantitative estimate of drug-likeness (QED) is 0.748. The van der Waals surface area contributed by atoms with Crippen LogP contribution in [0.2, 0.25) is 10.0 Å². The lowest BCUT2D eigenvalue weighted by molar-refractivity contribution is -0.146. The second kappa shape index (κ2) is 5.93. The van der Waals surface area contributed by atoms with E-state index in [1.54, 1.807) is 6.07 Å². The summed E-state index contributed by atoms with van der Waals surface area (Å²) < 4.78 is 41.9. The second-order valence-electron chi connectivity index (χ2n) is 6.32. The third-order valence-electron chi connectivity index (χ3n) is 4.64. The molecular weight excluding hydrogens is 392 g/mol. The van der Waals surface area contributed by atoms with Crippen LogP contribution in [0.4, 0.5) is 13.2 Å². The fourth-order valence-corrected chi connectivity index (χ4v) is 3.53. The molecule has 0 aliphatic heterocycles. The summed E-state index contributed by atoms with van der Waals surface area (Å²) in [6.45, 7) is 1.37. The van der Waals surface area contributed by atoms with Gasteiger partial charge in [0.2, 0.25) is 0 Å². The topological polar surface area (TPSA) is 66.0 Å². The van der Waals surface area contributed by atoms with Crippen molar-refractivity contribution in [1.82, 2.24) is 4.57 Å². The summed E-state index contributed by atoms with van der Waals surface area (Å²) in [4.78, 5) is 11.5.